The maximum atomic E-state index is 12.4. The van der Waals surface area contributed by atoms with Gasteiger partial charge in [0.2, 0.25) is 5.76 Å². The lowest BCUT2D eigenvalue weighted by Crippen LogP contribution is -2.66. The number of aromatic nitrogens is 2. The van der Waals surface area contributed by atoms with Gasteiger partial charge in [-0.1, -0.05) is 0 Å². The summed E-state index contributed by atoms with van der Waals surface area (Å²) in [5.74, 6) is 1.20. The van der Waals surface area contributed by atoms with E-state index in [4.69, 9.17) is 13.9 Å². The van der Waals surface area contributed by atoms with E-state index >= 15 is 0 Å². The van der Waals surface area contributed by atoms with Gasteiger partial charge in [0.1, 0.15) is 11.4 Å². The second-order valence-electron chi connectivity index (χ2n) is 6.33. The summed E-state index contributed by atoms with van der Waals surface area (Å²) in [4.78, 5) is 22.2. The second-order valence-corrected chi connectivity index (χ2v) is 6.33. The lowest BCUT2D eigenvalue weighted by molar-refractivity contribution is -0.122. The highest BCUT2D eigenvalue weighted by atomic mass is 16.5. The predicted octanol–water partition coefficient (Wildman–Crippen LogP) is 1.69. The Morgan fingerprint density at radius 2 is 2.38 bits per heavy atom. The van der Waals surface area contributed by atoms with Crippen molar-refractivity contribution in [3.63, 3.8) is 0 Å². The highest BCUT2D eigenvalue weighted by Gasteiger charge is 2.55. The van der Waals surface area contributed by atoms with Crippen molar-refractivity contribution < 1.29 is 18.7 Å². The van der Waals surface area contributed by atoms with Gasteiger partial charge in [-0.3, -0.25) is 9.78 Å². The lowest BCUT2D eigenvalue weighted by Gasteiger charge is -2.49. The number of amides is 1. The molecule has 4 rings (SSSR count). The Balaban J connectivity index is 1.38. The van der Waals surface area contributed by atoms with Gasteiger partial charge in [0.25, 0.3) is 5.91 Å². The van der Waals surface area contributed by atoms with Crippen molar-refractivity contribution in [1.29, 1.82) is 0 Å². The molecule has 2 aromatic rings. The summed E-state index contributed by atoms with van der Waals surface area (Å²) in [6.45, 7) is 4.16. The van der Waals surface area contributed by atoms with E-state index in [0.717, 1.165) is 12.2 Å². The molecule has 0 bridgehead atoms. The first-order valence-electron chi connectivity index (χ1n) is 8.04. The second kappa shape index (κ2) is 5.90. The smallest absolute Gasteiger partial charge is 0.291 e. The van der Waals surface area contributed by atoms with Gasteiger partial charge in [0, 0.05) is 18.7 Å². The predicted molar refractivity (Wildman–Crippen MR) is 83.7 cm³/mol. The first-order valence-corrected chi connectivity index (χ1v) is 8.04. The number of carbonyl (C=O) groups is 1. The molecule has 0 radical (unpaired) electrons. The number of hydrogen-bond acceptors (Lipinski definition) is 6. The van der Waals surface area contributed by atoms with Crippen molar-refractivity contribution >= 4 is 5.91 Å². The topological polar surface area (TPSA) is 77.7 Å². The molecular formula is C17H19N3O4. The number of pyridine rings is 1. The van der Waals surface area contributed by atoms with E-state index in [1.165, 1.54) is 6.39 Å². The summed E-state index contributed by atoms with van der Waals surface area (Å²) in [5.41, 5.74) is 0.316. The van der Waals surface area contributed by atoms with Gasteiger partial charge in [-0.05, 0) is 25.5 Å². The van der Waals surface area contributed by atoms with Gasteiger partial charge in [-0.15, -0.1) is 0 Å². The molecule has 2 aliphatic heterocycles. The van der Waals surface area contributed by atoms with Gasteiger partial charge < -0.3 is 18.8 Å². The van der Waals surface area contributed by atoms with Crippen LogP contribution in [0, 0.1) is 12.8 Å². The van der Waals surface area contributed by atoms with Crippen LogP contribution >= 0.6 is 0 Å². The van der Waals surface area contributed by atoms with Crippen LogP contribution in [0.1, 0.15) is 22.7 Å². The molecule has 1 atom stereocenters. The SMILES string of the molecule is Cc1ncoc1C(=O)N1CC2(C1)OCCC2COc1cccnc1. The van der Waals surface area contributed by atoms with Crippen LogP contribution in [0.3, 0.4) is 0 Å². The zero-order valence-corrected chi connectivity index (χ0v) is 13.5. The Morgan fingerprint density at radius 1 is 1.50 bits per heavy atom. The molecule has 1 amide bonds. The van der Waals surface area contributed by atoms with Crippen LogP contribution in [0.15, 0.2) is 35.3 Å². The van der Waals surface area contributed by atoms with Crippen LogP contribution in [0.25, 0.3) is 0 Å². The van der Waals surface area contributed by atoms with Gasteiger partial charge in [0.15, 0.2) is 6.39 Å². The molecular weight excluding hydrogens is 310 g/mol. The van der Waals surface area contributed by atoms with E-state index in [0.29, 0.717) is 37.8 Å². The minimum atomic E-state index is -0.300. The minimum Gasteiger partial charge on any atom is -0.492 e. The van der Waals surface area contributed by atoms with Crippen molar-refractivity contribution in [2.24, 2.45) is 5.92 Å². The number of rotatable bonds is 4. The van der Waals surface area contributed by atoms with E-state index in [1.54, 1.807) is 24.2 Å². The Bertz CT molecular complexity index is 724. The van der Waals surface area contributed by atoms with Crippen LogP contribution in [-0.4, -0.2) is 52.7 Å². The molecule has 0 saturated carbocycles. The maximum absolute atomic E-state index is 12.4. The molecule has 2 aliphatic rings. The first kappa shape index (κ1) is 15.1. The van der Waals surface area contributed by atoms with Crippen LogP contribution < -0.4 is 4.74 Å². The molecule has 2 saturated heterocycles. The highest BCUT2D eigenvalue weighted by molar-refractivity contribution is 5.93. The average Bonchev–Trinajstić information content (AvgIpc) is 3.18. The van der Waals surface area contributed by atoms with Crippen LogP contribution in [0.2, 0.25) is 0 Å². The summed E-state index contributed by atoms with van der Waals surface area (Å²) in [6, 6.07) is 3.73. The normalized spacial score (nSPS) is 21.7. The van der Waals surface area contributed by atoms with Crippen LogP contribution in [0.5, 0.6) is 5.75 Å². The van der Waals surface area contributed by atoms with Gasteiger partial charge >= 0.3 is 0 Å². The van der Waals surface area contributed by atoms with E-state index in [9.17, 15) is 4.79 Å². The van der Waals surface area contributed by atoms with Crippen molar-refractivity contribution in [3.05, 3.63) is 42.4 Å². The molecule has 0 N–H and O–H groups in total. The summed E-state index contributed by atoms with van der Waals surface area (Å²) < 4.78 is 17.0. The average molecular weight is 329 g/mol. The molecule has 2 aromatic heterocycles. The summed E-state index contributed by atoms with van der Waals surface area (Å²) in [5, 5.41) is 0. The summed E-state index contributed by atoms with van der Waals surface area (Å²) in [6.07, 6.45) is 5.65. The number of carbonyl (C=O) groups excluding carboxylic acids is 1. The van der Waals surface area contributed by atoms with Crippen molar-refractivity contribution in [1.82, 2.24) is 14.9 Å². The van der Waals surface area contributed by atoms with Crippen molar-refractivity contribution in [2.75, 3.05) is 26.3 Å². The van der Waals surface area contributed by atoms with Gasteiger partial charge in [-0.25, -0.2) is 4.98 Å². The largest absolute Gasteiger partial charge is 0.492 e. The molecule has 2 fully saturated rings. The minimum absolute atomic E-state index is 0.127. The number of hydrogen-bond donors (Lipinski definition) is 0. The molecule has 0 aromatic carbocycles. The molecule has 24 heavy (non-hydrogen) atoms. The van der Waals surface area contributed by atoms with E-state index < -0.39 is 0 Å². The van der Waals surface area contributed by atoms with Gasteiger partial charge in [-0.2, -0.15) is 0 Å². The van der Waals surface area contributed by atoms with Crippen LogP contribution in [0.4, 0.5) is 0 Å². The van der Waals surface area contributed by atoms with E-state index in [-0.39, 0.29) is 17.4 Å². The Morgan fingerprint density at radius 3 is 3.08 bits per heavy atom. The number of ether oxygens (including phenoxy) is 2. The Kier molecular flexibility index (Phi) is 3.72. The maximum Gasteiger partial charge on any atom is 0.291 e. The molecule has 0 aliphatic carbocycles. The standard InChI is InChI=1S/C17H19N3O4/c1-12-15(23-11-19-12)16(21)20-9-17(10-20)13(4-6-24-17)8-22-14-3-2-5-18-7-14/h2-3,5,7,11,13H,4,6,8-10H2,1H3. The van der Waals surface area contributed by atoms with Crippen LogP contribution in [-0.2, 0) is 4.74 Å². The first-order chi connectivity index (χ1) is 11.7. The molecule has 4 heterocycles. The molecule has 7 heteroatoms. The molecule has 7 nitrogen and oxygen atoms in total. The zero-order chi connectivity index (χ0) is 16.6. The molecule has 1 spiro atoms. The number of likely N-dealkylation sites (tertiary alicyclic amines) is 1. The molecule has 126 valence electrons. The zero-order valence-electron chi connectivity index (χ0n) is 13.5. The quantitative estimate of drug-likeness (QED) is 0.849. The van der Waals surface area contributed by atoms with E-state index in [2.05, 4.69) is 9.97 Å². The monoisotopic (exact) mass is 329 g/mol. The third-order valence-corrected chi connectivity index (χ3v) is 4.83. The van der Waals surface area contributed by atoms with Crippen molar-refractivity contribution in [3.8, 4) is 5.75 Å². The Labute approximate surface area is 139 Å². The fourth-order valence-corrected chi connectivity index (χ4v) is 3.39. The number of nitrogens with zero attached hydrogens (tertiary/aromatic N) is 3. The third-order valence-electron chi connectivity index (χ3n) is 4.83. The Hall–Kier alpha value is -2.41. The lowest BCUT2D eigenvalue weighted by atomic mass is 9.81. The number of oxazole rings is 1. The van der Waals surface area contributed by atoms with Crippen molar-refractivity contribution in [2.45, 2.75) is 18.9 Å². The fourth-order valence-electron chi connectivity index (χ4n) is 3.39. The third kappa shape index (κ3) is 2.54. The molecule has 1 unspecified atom stereocenters. The highest BCUT2D eigenvalue weighted by Crippen LogP contribution is 2.40. The summed E-state index contributed by atoms with van der Waals surface area (Å²) in [7, 11) is 0. The number of aryl methyl sites for hydroxylation is 1. The fraction of sp³-hybridized carbons (Fsp3) is 0.471. The van der Waals surface area contributed by atoms with E-state index in [1.807, 2.05) is 12.1 Å². The summed E-state index contributed by atoms with van der Waals surface area (Å²) >= 11 is 0. The van der Waals surface area contributed by atoms with Gasteiger partial charge in [0.05, 0.1) is 31.6 Å².